The van der Waals surface area contributed by atoms with Crippen molar-refractivity contribution >= 4 is 15.5 Å². The van der Waals surface area contributed by atoms with E-state index < -0.39 is 9.84 Å². The maximum atomic E-state index is 11.3. The molecule has 2 aromatic rings. The first-order valence-electron chi connectivity index (χ1n) is 5.88. The Morgan fingerprint density at radius 1 is 1.20 bits per heavy atom. The first-order valence-corrected chi connectivity index (χ1v) is 7.77. The predicted octanol–water partition coefficient (Wildman–Crippen LogP) is 1.97. The standard InChI is InChI=1S/C14H13N3O2S/c1-20(18,19)14-6-2-11(3-7-14)9-16-13-5-4-12(8-15)17-10-13/h2-7,10,16H,9H2,1H3. The Morgan fingerprint density at radius 2 is 1.90 bits per heavy atom. The fraction of sp³-hybridized carbons (Fsp3) is 0.143. The molecule has 2 rings (SSSR count). The van der Waals surface area contributed by atoms with Crippen molar-refractivity contribution in [2.24, 2.45) is 0 Å². The van der Waals surface area contributed by atoms with Crippen LogP contribution < -0.4 is 5.32 Å². The van der Waals surface area contributed by atoms with Crippen LogP contribution in [0, 0.1) is 11.3 Å². The molecule has 5 nitrogen and oxygen atoms in total. The lowest BCUT2D eigenvalue weighted by molar-refractivity contribution is 0.602. The molecule has 0 saturated heterocycles. The van der Waals surface area contributed by atoms with Crippen LogP contribution in [0.4, 0.5) is 5.69 Å². The van der Waals surface area contributed by atoms with Gasteiger partial charge in [-0.05, 0) is 29.8 Å². The van der Waals surface area contributed by atoms with Gasteiger partial charge < -0.3 is 5.32 Å². The minimum absolute atomic E-state index is 0.307. The molecule has 6 heteroatoms. The summed E-state index contributed by atoms with van der Waals surface area (Å²) in [7, 11) is -3.16. The van der Waals surface area contributed by atoms with Crippen LogP contribution in [0.3, 0.4) is 0 Å². The molecular formula is C14H13N3O2S. The highest BCUT2D eigenvalue weighted by atomic mass is 32.2. The Balaban J connectivity index is 2.02. The van der Waals surface area contributed by atoms with Crippen molar-refractivity contribution in [1.29, 1.82) is 5.26 Å². The average molecular weight is 287 g/mol. The van der Waals surface area contributed by atoms with Crippen molar-refractivity contribution < 1.29 is 8.42 Å². The van der Waals surface area contributed by atoms with Gasteiger partial charge >= 0.3 is 0 Å². The lowest BCUT2D eigenvalue weighted by Crippen LogP contribution is -2.01. The van der Waals surface area contributed by atoms with Gasteiger partial charge in [-0.1, -0.05) is 12.1 Å². The van der Waals surface area contributed by atoms with Gasteiger partial charge in [0.25, 0.3) is 0 Å². The van der Waals surface area contributed by atoms with Gasteiger partial charge in [-0.15, -0.1) is 0 Å². The third-order valence-electron chi connectivity index (χ3n) is 2.73. The van der Waals surface area contributed by atoms with Gasteiger partial charge in [0.1, 0.15) is 11.8 Å². The van der Waals surface area contributed by atoms with Crippen molar-refractivity contribution in [3.63, 3.8) is 0 Å². The Kier molecular flexibility index (Phi) is 4.01. The number of nitriles is 1. The second-order valence-electron chi connectivity index (χ2n) is 4.31. The number of rotatable bonds is 4. The van der Waals surface area contributed by atoms with Crippen LogP contribution in [0.25, 0.3) is 0 Å². The molecule has 0 amide bonds. The second-order valence-corrected chi connectivity index (χ2v) is 6.33. The number of anilines is 1. The largest absolute Gasteiger partial charge is 0.380 e. The molecule has 1 N–H and O–H groups in total. The van der Waals surface area contributed by atoms with E-state index in [4.69, 9.17) is 5.26 Å². The summed E-state index contributed by atoms with van der Waals surface area (Å²) in [6.07, 6.45) is 2.77. The summed E-state index contributed by atoms with van der Waals surface area (Å²) in [4.78, 5) is 4.26. The van der Waals surface area contributed by atoms with Crippen LogP contribution in [-0.2, 0) is 16.4 Å². The summed E-state index contributed by atoms with van der Waals surface area (Å²) in [6.45, 7) is 0.553. The minimum Gasteiger partial charge on any atom is -0.380 e. The number of nitrogens with zero attached hydrogens (tertiary/aromatic N) is 2. The zero-order valence-electron chi connectivity index (χ0n) is 10.9. The number of nitrogens with one attached hydrogen (secondary N) is 1. The van der Waals surface area contributed by atoms with Crippen molar-refractivity contribution in [3.8, 4) is 6.07 Å². The van der Waals surface area contributed by atoms with Crippen LogP contribution in [0.15, 0.2) is 47.5 Å². The third kappa shape index (κ3) is 3.56. The van der Waals surface area contributed by atoms with E-state index in [9.17, 15) is 8.42 Å². The first-order chi connectivity index (χ1) is 9.49. The number of benzene rings is 1. The number of hydrogen-bond donors (Lipinski definition) is 1. The monoisotopic (exact) mass is 287 g/mol. The van der Waals surface area contributed by atoms with Gasteiger partial charge in [-0.3, -0.25) is 0 Å². The second kappa shape index (κ2) is 5.72. The number of aromatic nitrogens is 1. The number of hydrogen-bond acceptors (Lipinski definition) is 5. The van der Waals surface area contributed by atoms with Crippen molar-refractivity contribution in [3.05, 3.63) is 53.9 Å². The molecule has 0 aliphatic rings. The van der Waals surface area contributed by atoms with Gasteiger partial charge in [0, 0.05) is 12.8 Å². The van der Waals surface area contributed by atoms with E-state index in [1.165, 1.54) is 6.26 Å². The number of sulfone groups is 1. The van der Waals surface area contributed by atoms with Crippen molar-refractivity contribution in [1.82, 2.24) is 4.98 Å². The Bertz CT molecular complexity index is 729. The Morgan fingerprint density at radius 3 is 2.40 bits per heavy atom. The fourth-order valence-corrected chi connectivity index (χ4v) is 2.25. The minimum atomic E-state index is -3.16. The Labute approximate surface area is 117 Å². The van der Waals surface area contributed by atoms with Crippen LogP contribution >= 0.6 is 0 Å². The van der Waals surface area contributed by atoms with E-state index in [0.29, 0.717) is 17.1 Å². The molecule has 0 atom stereocenters. The maximum absolute atomic E-state index is 11.3. The topological polar surface area (TPSA) is 82.9 Å². The molecule has 0 unspecified atom stereocenters. The molecule has 1 aromatic carbocycles. The van der Waals surface area contributed by atoms with Crippen molar-refractivity contribution in [2.45, 2.75) is 11.4 Å². The highest BCUT2D eigenvalue weighted by Crippen LogP contribution is 2.12. The zero-order valence-corrected chi connectivity index (χ0v) is 11.7. The lowest BCUT2D eigenvalue weighted by Gasteiger charge is -2.06. The van der Waals surface area contributed by atoms with E-state index in [2.05, 4.69) is 10.3 Å². The van der Waals surface area contributed by atoms with Crippen LogP contribution in [0.5, 0.6) is 0 Å². The fourth-order valence-electron chi connectivity index (χ4n) is 1.62. The Hall–Kier alpha value is -2.39. The van der Waals surface area contributed by atoms with Gasteiger partial charge in [-0.25, -0.2) is 13.4 Å². The third-order valence-corrected chi connectivity index (χ3v) is 3.85. The van der Waals surface area contributed by atoms with Gasteiger partial charge in [0.15, 0.2) is 9.84 Å². The summed E-state index contributed by atoms with van der Waals surface area (Å²) in [6, 6.07) is 12.1. The molecule has 0 saturated carbocycles. The van der Waals surface area contributed by atoms with Crippen LogP contribution in [0.1, 0.15) is 11.3 Å². The molecule has 20 heavy (non-hydrogen) atoms. The molecule has 0 spiro atoms. The summed E-state index contributed by atoms with van der Waals surface area (Å²) in [5, 5.41) is 11.8. The molecule has 102 valence electrons. The van der Waals surface area contributed by atoms with E-state index in [1.807, 2.05) is 6.07 Å². The first kappa shape index (κ1) is 14.0. The van der Waals surface area contributed by atoms with Gasteiger partial charge in [-0.2, -0.15) is 5.26 Å². The SMILES string of the molecule is CS(=O)(=O)c1ccc(CNc2ccc(C#N)nc2)cc1. The van der Waals surface area contributed by atoms with Crippen molar-refractivity contribution in [2.75, 3.05) is 11.6 Å². The van der Waals surface area contributed by atoms with Crippen LogP contribution in [0.2, 0.25) is 0 Å². The van der Waals surface area contributed by atoms with E-state index in [1.54, 1.807) is 42.6 Å². The highest BCUT2D eigenvalue weighted by Gasteiger charge is 2.05. The quantitative estimate of drug-likeness (QED) is 0.929. The molecule has 0 radical (unpaired) electrons. The van der Waals surface area contributed by atoms with E-state index in [0.717, 1.165) is 11.3 Å². The van der Waals surface area contributed by atoms with E-state index >= 15 is 0 Å². The molecule has 1 heterocycles. The number of pyridine rings is 1. The van der Waals surface area contributed by atoms with E-state index in [-0.39, 0.29) is 0 Å². The maximum Gasteiger partial charge on any atom is 0.175 e. The zero-order chi connectivity index (χ0) is 14.6. The normalized spacial score (nSPS) is 10.8. The summed E-state index contributed by atoms with van der Waals surface area (Å²) in [5.41, 5.74) is 2.13. The smallest absolute Gasteiger partial charge is 0.175 e. The molecule has 1 aromatic heterocycles. The molecule has 0 bridgehead atoms. The highest BCUT2D eigenvalue weighted by molar-refractivity contribution is 7.90. The van der Waals surface area contributed by atoms with Gasteiger partial charge in [0.2, 0.25) is 0 Å². The summed E-state index contributed by atoms with van der Waals surface area (Å²) >= 11 is 0. The van der Waals surface area contributed by atoms with Gasteiger partial charge in [0.05, 0.1) is 16.8 Å². The molecular weight excluding hydrogens is 274 g/mol. The summed E-state index contributed by atoms with van der Waals surface area (Å²) in [5.74, 6) is 0. The predicted molar refractivity (Wildman–Crippen MR) is 75.8 cm³/mol. The lowest BCUT2D eigenvalue weighted by atomic mass is 10.2. The molecule has 0 fully saturated rings. The summed E-state index contributed by atoms with van der Waals surface area (Å²) < 4.78 is 22.7. The molecule has 0 aliphatic carbocycles. The van der Waals surface area contributed by atoms with Crippen LogP contribution in [-0.4, -0.2) is 19.7 Å². The average Bonchev–Trinajstić information content (AvgIpc) is 2.45. The molecule has 0 aliphatic heterocycles.